The molecule has 118 valence electrons. The number of halogens is 1. The Morgan fingerprint density at radius 1 is 1.23 bits per heavy atom. The van der Waals surface area contributed by atoms with Gasteiger partial charge >= 0.3 is 0 Å². The monoisotopic (exact) mass is 380 g/mol. The van der Waals surface area contributed by atoms with E-state index < -0.39 is 0 Å². The molecular formula is C17H21BrN2OS. The van der Waals surface area contributed by atoms with E-state index in [1.807, 2.05) is 18.2 Å². The van der Waals surface area contributed by atoms with Gasteiger partial charge in [-0.05, 0) is 46.6 Å². The lowest BCUT2D eigenvalue weighted by molar-refractivity contribution is 0.0955. The average molecular weight is 381 g/mol. The predicted molar refractivity (Wildman–Crippen MR) is 96.4 cm³/mol. The molecule has 22 heavy (non-hydrogen) atoms. The van der Waals surface area contributed by atoms with Crippen LogP contribution in [0.3, 0.4) is 0 Å². The molecule has 0 saturated carbocycles. The maximum Gasteiger partial charge on any atom is 0.261 e. The van der Waals surface area contributed by atoms with Crippen LogP contribution in [0.4, 0.5) is 0 Å². The number of thiophene rings is 1. The van der Waals surface area contributed by atoms with Gasteiger partial charge in [0.25, 0.3) is 5.91 Å². The zero-order chi connectivity index (χ0) is 15.8. The molecule has 0 spiro atoms. The van der Waals surface area contributed by atoms with Gasteiger partial charge in [-0.2, -0.15) is 0 Å². The molecule has 1 N–H and O–H groups in total. The Morgan fingerprint density at radius 3 is 2.64 bits per heavy atom. The van der Waals surface area contributed by atoms with E-state index in [0.29, 0.717) is 6.54 Å². The van der Waals surface area contributed by atoms with Crippen LogP contribution in [0.15, 0.2) is 46.3 Å². The van der Waals surface area contributed by atoms with E-state index in [9.17, 15) is 4.79 Å². The number of hydrogen-bond donors (Lipinski definition) is 1. The van der Waals surface area contributed by atoms with Gasteiger partial charge < -0.3 is 5.32 Å². The van der Waals surface area contributed by atoms with Crippen LogP contribution in [0.2, 0.25) is 0 Å². The average Bonchev–Trinajstić information content (AvgIpc) is 2.97. The van der Waals surface area contributed by atoms with Crippen molar-refractivity contribution in [3.63, 3.8) is 0 Å². The van der Waals surface area contributed by atoms with Crippen molar-refractivity contribution < 1.29 is 4.79 Å². The van der Waals surface area contributed by atoms with Crippen LogP contribution < -0.4 is 5.32 Å². The zero-order valence-electron chi connectivity index (χ0n) is 12.7. The molecule has 2 rings (SSSR count). The lowest BCUT2D eigenvalue weighted by Crippen LogP contribution is -2.29. The highest BCUT2D eigenvalue weighted by Crippen LogP contribution is 2.21. The third-order valence-electron chi connectivity index (χ3n) is 3.43. The van der Waals surface area contributed by atoms with Crippen LogP contribution >= 0.6 is 27.3 Å². The SMILES string of the molecule is CCN(CCCNC(=O)c1ccc(Br)s1)Cc1ccccc1. The molecule has 0 atom stereocenters. The zero-order valence-corrected chi connectivity index (χ0v) is 15.1. The first kappa shape index (κ1) is 17.2. The van der Waals surface area contributed by atoms with Gasteiger partial charge in [0.2, 0.25) is 0 Å². The topological polar surface area (TPSA) is 32.3 Å². The third kappa shape index (κ3) is 5.55. The molecule has 0 aliphatic rings. The highest BCUT2D eigenvalue weighted by Gasteiger charge is 2.08. The first-order valence-corrected chi connectivity index (χ1v) is 9.10. The number of rotatable bonds is 8. The molecule has 0 aliphatic carbocycles. The minimum absolute atomic E-state index is 0.0156. The van der Waals surface area contributed by atoms with Gasteiger partial charge in [0.1, 0.15) is 0 Å². The Labute approximate surface area is 144 Å². The summed E-state index contributed by atoms with van der Waals surface area (Å²) in [6, 6.07) is 14.2. The van der Waals surface area contributed by atoms with E-state index in [4.69, 9.17) is 0 Å². The van der Waals surface area contributed by atoms with Crippen LogP contribution in [0.25, 0.3) is 0 Å². The summed E-state index contributed by atoms with van der Waals surface area (Å²) in [5.74, 6) is 0.0156. The summed E-state index contributed by atoms with van der Waals surface area (Å²) in [5, 5.41) is 2.98. The maximum atomic E-state index is 11.9. The summed E-state index contributed by atoms with van der Waals surface area (Å²) in [4.78, 5) is 15.1. The molecule has 0 bridgehead atoms. The van der Waals surface area contributed by atoms with Crippen molar-refractivity contribution in [1.82, 2.24) is 10.2 Å². The summed E-state index contributed by atoms with van der Waals surface area (Å²) < 4.78 is 0.984. The fraction of sp³-hybridized carbons (Fsp3) is 0.353. The van der Waals surface area contributed by atoms with Crippen molar-refractivity contribution in [2.24, 2.45) is 0 Å². The normalized spacial score (nSPS) is 10.9. The summed E-state index contributed by atoms with van der Waals surface area (Å²) in [6.45, 7) is 5.84. The van der Waals surface area contributed by atoms with Gasteiger partial charge in [-0.15, -0.1) is 11.3 Å². The number of benzene rings is 1. The lowest BCUT2D eigenvalue weighted by atomic mass is 10.2. The second kappa shape index (κ2) is 9.08. The van der Waals surface area contributed by atoms with E-state index in [0.717, 1.165) is 34.7 Å². The molecule has 1 heterocycles. The molecule has 3 nitrogen and oxygen atoms in total. The number of hydrogen-bond acceptors (Lipinski definition) is 3. The molecule has 0 saturated heterocycles. The Hall–Kier alpha value is -1.17. The van der Waals surface area contributed by atoms with Crippen molar-refractivity contribution in [3.8, 4) is 0 Å². The number of nitrogens with zero attached hydrogens (tertiary/aromatic N) is 1. The highest BCUT2D eigenvalue weighted by atomic mass is 79.9. The van der Waals surface area contributed by atoms with E-state index in [1.165, 1.54) is 16.9 Å². The standard InChI is InChI=1S/C17H21BrN2OS/c1-2-20(13-14-7-4-3-5-8-14)12-6-11-19-17(21)15-9-10-16(18)22-15/h3-5,7-10H,2,6,11-13H2,1H3,(H,19,21). The van der Waals surface area contributed by atoms with Crippen molar-refractivity contribution in [2.45, 2.75) is 19.9 Å². The van der Waals surface area contributed by atoms with Crippen LogP contribution in [-0.2, 0) is 6.54 Å². The molecular weight excluding hydrogens is 360 g/mol. The molecule has 1 aromatic heterocycles. The van der Waals surface area contributed by atoms with Crippen molar-refractivity contribution >= 4 is 33.2 Å². The number of amides is 1. The molecule has 2 aromatic rings. The first-order valence-electron chi connectivity index (χ1n) is 7.49. The van der Waals surface area contributed by atoms with Crippen molar-refractivity contribution in [2.75, 3.05) is 19.6 Å². The van der Waals surface area contributed by atoms with E-state index in [-0.39, 0.29) is 5.91 Å². The van der Waals surface area contributed by atoms with Crippen molar-refractivity contribution in [3.05, 3.63) is 56.7 Å². The maximum absolute atomic E-state index is 11.9. The Kier molecular flexibility index (Phi) is 7.09. The Morgan fingerprint density at radius 2 is 2.00 bits per heavy atom. The molecule has 1 aromatic carbocycles. The smallest absolute Gasteiger partial charge is 0.261 e. The fourth-order valence-corrected chi connectivity index (χ4v) is 3.52. The Balaban J connectivity index is 1.69. The van der Waals surface area contributed by atoms with Crippen LogP contribution in [0, 0.1) is 0 Å². The molecule has 0 fully saturated rings. The highest BCUT2D eigenvalue weighted by molar-refractivity contribution is 9.11. The molecule has 1 amide bonds. The fourth-order valence-electron chi connectivity index (χ4n) is 2.22. The number of carbonyl (C=O) groups excluding carboxylic acids is 1. The lowest BCUT2D eigenvalue weighted by Gasteiger charge is -2.20. The molecule has 0 aliphatic heterocycles. The van der Waals surface area contributed by atoms with Crippen LogP contribution in [0.5, 0.6) is 0 Å². The van der Waals surface area contributed by atoms with Gasteiger partial charge in [-0.1, -0.05) is 37.3 Å². The van der Waals surface area contributed by atoms with Crippen LogP contribution in [-0.4, -0.2) is 30.4 Å². The second-order valence-corrected chi connectivity index (χ2v) is 7.53. The van der Waals surface area contributed by atoms with Crippen LogP contribution in [0.1, 0.15) is 28.6 Å². The van der Waals surface area contributed by atoms with Gasteiger partial charge in [0.15, 0.2) is 0 Å². The van der Waals surface area contributed by atoms with Gasteiger partial charge in [0, 0.05) is 19.6 Å². The van der Waals surface area contributed by atoms with Gasteiger partial charge in [-0.3, -0.25) is 9.69 Å². The summed E-state index contributed by atoms with van der Waals surface area (Å²) in [5.41, 5.74) is 1.33. The largest absolute Gasteiger partial charge is 0.351 e. The Bertz CT molecular complexity index is 585. The van der Waals surface area contributed by atoms with E-state index in [2.05, 4.69) is 57.3 Å². The summed E-state index contributed by atoms with van der Waals surface area (Å²) in [6.07, 6.45) is 0.957. The van der Waals surface area contributed by atoms with Crippen molar-refractivity contribution in [1.29, 1.82) is 0 Å². The second-order valence-electron chi connectivity index (χ2n) is 5.07. The first-order chi connectivity index (χ1) is 10.7. The van der Waals surface area contributed by atoms with Gasteiger partial charge in [0.05, 0.1) is 8.66 Å². The predicted octanol–water partition coefficient (Wildman–Crippen LogP) is 4.15. The van der Waals surface area contributed by atoms with Gasteiger partial charge in [-0.25, -0.2) is 0 Å². The summed E-state index contributed by atoms with van der Waals surface area (Å²) >= 11 is 4.83. The number of nitrogens with one attached hydrogen (secondary N) is 1. The minimum Gasteiger partial charge on any atom is -0.351 e. The molecule has 0 unspecified atom stereocenters. The molecule has 0 radical (unpaired) electrons. The third-order valence-corrected chi connectivity index (χ3v) is 5.05. The number of carbonyl (C=O) groups is 1. The van der Waals surface area contributed by atoms with E-state index in [1.54, 1.807) is 0 Å². The minimum atomic E-state index is 0.0156. The quantitative estimate of drug-likeness (QED) is 0.697. The molecule has 5 heteroatoms. The van der Waals surface area contributed by atoms with E-state index >= 15 is 0 Å². The summed E-state index contributed by atoms with van der Waals surface area (Å²) in [7, 11) is 0.